The van der Waals surface area contributed by atoms with Crippen LogP contribution in [-0.2, 0) is 11.3 Å². The summed E-state index contributed by atoms with van der Waals surface area (Å²) in [7, 11) is 1.50. The van der Waals surface area contributed by atoms with Gasteiger partial charge in [0.05, 0.1) is 18.9 Å². The Hall–Kier alpha value is -3.61. The van der Waals surface area contributed by atoms with Gasteiger partial charge in [-0.15, -0.1) is 0 Å². The third kappa shape index (κ3) is 3.56. The highest BCUT2D eigenvalue weighted by Gasteiger charge is 2.11. The molecule has 1 aromatic heterocycles. The van der Waals surface area contributed by atoms with Crippen molar-refractivity contribution >= 4 is 28.9 Å². The first-order chi connectivity index (χ1) is 12.6. The number of rotatable bonds is 6. The molecule has 3 N–H and O–H groups in total. The van der Waals surface area contributed by atoms with Gasteiger partial charge in [-0.1, -0.05) is 30.3 Å². The van der Waals surface area contributed by atoms with Crippen molar-refractivity contribution in [1.29, 1.82) is 0 Å². The highest BCUT2D eigenvalue weighted by Crippen LogP contribution is 2.20. The first-order valence-corrected chi connectivity index (χ1v) is 7.92. The van der Waals surface area contributed by atoms with Gasteiger partial charge in [0.25, 0.3) is 5.91 Å². The summed E-state index contributed by atoms with van der Waals surface area (Å²) in [5, 5.41) is 4.93. The lowest BCUT2D eigenvalue weighted by Gasteiger charge is -2.05. The molecule has 7 nitrogen and oxygen atoms in total. The molecule has 0 unspecified atom stereocenters. The number of hydrogen-bond acceptors (Lipinski definition) is 4. The highest BCUT2D eigenvalue weighted by atomic mass is 16.5. The molecule has 7 heteroatoms. The second-order valence-corrected chi connectivity index (χ2v) is 5.60. The molecule has 0 atom stereocenters. The number of nitrogens with zero attached hydrogens (tertiary/aromatic N) is 2. The molecule has 0 aliphatic carbocycles. The number of nitrogens with two attached hydrogens (primary N) is 1. The topological polar surface area (TPSA) is 98.7 Å². The molecule has 0 aliphatic rings. The van der Waals surface area contributed by atoms with Gasteiger partial charge in [0.1, 0.15) is 12.3 Å². The predicted molar refractivity (Wildman–Crippen MR) is 99.2 cm³/mol. The van der Waals surface area contributed by atoms with E-state index >= 15 is 0 Å². The van der Waals surface area contributed by atoms with Crippen molar-refractivity contribution in [3.8, 4) is 5.75 Å². The molecule has 26 heavy (non-hydrogen) atoms. The van der Waals surface area contributed by atoms with Crippen LogP contribution in [0.5, 0.6) is 5.75 Å². The van der Waals surface area contributed by atoms with Gasteiger partial charge in [0.15, 0.2) is 0 Å². The van der Waals surface area contributed by atoms with Crippen LogP contribution in [0.25, 0.3) is 10.9 Å². The number of aromatic nitrogens is 1. The molecule has 1 heterocycles. The van der Waals surface area contributed by atoms with E-state index in [1.807, 2.05) is 24.3 Å². The normalized spacial score (nSPS) is 11.0. The minimum absolute atomic E-state index is 0.0714. The molecule has 0 aliphatic heterocycles. The van der Waals surface area contributed by atoms with Gasteiger partial charge in [-0.3, -0.25) is 9.59 Å². The number of amides is 2. The van der Waals surface area contributed by atoms with Crippen LogP contribution in [0.2, 0.25) is 0 Å². The summed E-state index contributed by atoms with van der Waals surface area (Å²) in [6, 6.07) is 14.5. The molecule has 2 amide bonds. The Morgan fingerprint density at radius 3 is 2.69 bits per heavy atom. The number of nitrogens with one attached hydrogen (secondary N) is 1. The molecule has 0 saturated carbocycles. The van der Waals surface area contributed by atoms with Crippen LogP contribution in [0, 0.1) is 0 Å². The highest BCUT2D eigenvalue weighted by molar-refractivity contribution is 6.01. The number of carbonyl (C=O) groups excluding carboxylic acids is 2. The van der Waals surface area contributed by atoms with E-state index < -0.39 is 5.91 Å². The lowest BCUT2D eigenvalue weighted by atomic mass is 10.2. The lowest BCUT2D eigenvalue weighted by Crippen LogP contribution is -2.18. The first-order valence-electron chi connectivity index (χ1n) is 7.92. The second kappa shape index (κ2) is 7.52. The molecule has 0 bridgehead atoms. The third-order valence-corrected chi connectivity index (χ3v) is 3.87. The quantitative estimate of drug-likeness (QED) is 0.525. The van der Waals surface area contributed by atoms with E-state index in [0.717, 1.165) is 16.5 Å². The van der Waals surface area contributed by atoms with E-state index in [4.69, 9.17) is 10.5 Å². The average molecular weight is 350 g/mol. The maximum atomic E-state index is 12.3. The van der Waals surface area contributed by atoms with Crippen LogP contribution in [0.1, 0.15) is 15.9 Å². The van der Waals surface area contributed by atoms with Crippen LogP contribution in [-0.4, -0.2) is 29.7 Å². The number of para-hydroxylation sites is 2. The number of fused-ring (bicyclic) bond motifs is 1. The van der Waals surface area contributed by atoms with E-state index in [2.05, 4.69) is 10.5 Å². The Bertz CT molecular complexity index is 991. The van der Waals surface area contributed by atoms with Gasteiger partial charge in [-0.25, -0.2) is 5.43 Å². The van der Waals surface area contributed by atoms with E-state index in [1.165, 1.54) is 13.3 Å². The standard InChI is InChI=1S/C19H18N4O3/c1-26-17-9-5-3-7-15(17)19(25)22-21-10-13-11-23(12-18(20)24)16-8-4-2-6-14(13)16/h2-11H,12H2,1H3,(H2,20,24)(H,22,25)/b21-10-. The van der Waals surface area contributed by atoms with Gasteiger partial charge in [-0.2, -0.15) is 5.10 Å². The molecule has 3 rings (SSSR count). The van der Waals surface area contributed by atoms with Crippen LogP contribution >= 0.6 is 0 Å². The average Bonchev–Trinajstić information content (AvgIpc) is 2.99. The fraction of sp³-hybridized carbons (Fsp3) is 0.105. The fourth-order valence-corrected chi connectivity index (χ4v) is 2.73. The SMILES string of the molecule is COc1ccccc1C(=O)N/N=C\c1cn(CC(N)=O)c2ccccc12. The van der Waals surface area contributed by atoms with Gasteiger partial charge in [0, 0.05) is 22.7 Å². The number of methoxy groups -OCH3 is 1. The largest absolute Gasteiger partial charge is 0.496 e. The van der Waals surface area contributed by atoms with Crippen molar-refractivity contribution in [3.63, 3.8) is 0 Å². The van der Waals surface area contributed by atoms with E-state index in [-0.39, 0.29) is 12.5 Å². The minimum Gasteiger partial charge on any atom is -0.496 e. The van der Waals surface area contributed by atoms with Crippen molar-refractivity contribution in [2.24, 2.45) is 10.8 Å². The van der Waals surface area contributed by atoms with E-state index in [9.17, 15) is 9.59 Å². The zero-order chi connectivity index (χ0) is 18.5. The van der Waals surface area contributed by atoms with Crippen molar-refractivity contribution in [1.82, 2.24) is 9.99 Å². The molecule has 0 radical (unpaired) electrons. The molecule has 0 saturated heterocycles. The number of ether oxygens (including phenoxy) is 1. The maximum Gasteiger partial charge on any atom is 0.275 e. The summed E-state index contributed by atoms with van der Waals surface area (Å²) >= 11 is 0. The number of hydrazone groups is 1. The van der Waals surface area contributed by atoms with Gasteiger partial charge in [0.2, 0.25) is 5.91 Å². The summed E-state index contributed by atoms with van der Waals surface area (Å²) in [6.45, 7) is 0.0714. The lowest BCUT2D eigenvalue weighted by molar-refractivity contribution is -0.118. The number of primary amides is 1. The Kier molecular flexibility index (Phi) is 4.98. The summed E-state index contributed by atoms with van der Waals surface area (Å²) < 4.78 is 6.92. The van der Waals surface area contributed by atoms with E-state index in [1.54, 1.807) is 35.0 Å². The van der Waals surface area contributed by atoms with Crippen molar-refractivity contribution in [2.45, 2.75) is 6.54 Å². The van der Waals surface area contributed by atoms with Gasteiger partial charge >= 0.3 is 0 Å². The number of hydrogen-bond donors (Lipinski definition) is 2. The Labute approximate surface area is 150 Å². The van der Waals surface area contributed by atoms with Gasteiger partial charge < -0.3 is 15.0 Å². The molecule has 0 fully saturated rings. The smallest absolute Gasteiger partial charge is 0.275 e. The Morgan fingerprint density at radius 1 is 1.19 bits per heavy atom. The molecule has 0 spiro atoms. The zero-order valence-electron chi connectivity index (χ0n) is 14.2. The van der Waals surface area contributed by atoms with Crippen LogP contribution in [0.15, 0.2) is 59.8 Å². The minimum atomic E-state index is -0.432. The van der Waals surface area contributed by atoms with Crippen LogP contribution in [0.3, 0.4) is 0 Å². The molecule has 2 aromatic carbocycles. The van der Waals surface area contributed by atoms with Gasteiger partial charge in [-0.05, 0) is 18.2 Å². The zero-order valence-corrected chi connectivity index (χ0v) is 14.2. The van der Waals surface area contributed by atoms with Crippen molar-refractivity contribution in [2.75, 3.05) is 7.11 Å². The van der Waals surface area contributed by atoms with Crippen molar-refractivity contribution in [3.05, 3.63) is 65.9 Å². The maximum absolute atomic E-state index is 12.3. The summed E-state index contributed by atoms with van der Waals surface area (Å²) in [4.78, 5) is 23.5. The van der Waals surface area contributed by atoms with Crippen LogP contribution in [0.4, 0.5) is 0 Å². The van der Waals surface area contributed by atoms with E-state index in [0.29, 0.717) is 11.3 Å². The summed E-state index contributed by atoms with van der Waals surface area (Å²) in [5.74, 6) is -0.337. The molecular formula is C19H18N4O3. The van der Waals surface area contributed by atoms with Crippen molar-refractivity contribution < 1.29 is 14.3 Å². The third-order valence-electron chi connectivity index (χ3n) is 3.87. The Balaban J connectivity index is 1.82. The molecular weight excluding hydrogens is 332 g/mol. The summed E-state index contributed by atoms with van der Waals surface area (Å²) in [6.07, 6.45) is 3.31. The second-order valence-electron chi connectivity index (χ2n) is 5.60. The monoisotopic (exact) mass is 350 g/mol. The van der Waals surface area contributed by atoms with Crippen LogP contribution < -0.4 is 15.9 Å². The fourth-order valence-electron chi connectivity index (χ4n) is 2.73. The summed E-state index contributed by atoms with van der Waals surface area (Å²) in [5.41, 5.74) is 9.80. The Morgan fingerprint density at radius 2 is 1.92 bits per heavy atom. The molecule has 132 valence electrons. The number of carbonyl (C=O) groups is 2. The number of benzene rings is 2. The first kappa shape index (κ1) is 17.2. The molecule has 3 aromatic rings. The predicted octanol–water partition coefficient (Wildman–Crippen LogP) is 1.90.